The van der Waals surface area contributed by atoms with Crippen molar-refractivity contribution in [3.63, 3.8) is 0 Å². The highest BCUT2D eigenvalue weighted by molar-refractivity contribution is 6.36. The van der Waals surface area contributed by atoms with Crippen molar-refractivity contribution < 1.29 is 19.1 Å². The predicted molar refractivity (Wildman–Crippen MR) is 99.5 cm³/mol. The summed E-state index contributed by atoms with van der Waals surface area (Å²) < 4.78 is 11.1. The second-order valence-corrected chi connectivity index (χ2v) is 6.41. The molecule has 8 heteroatoms. The van der Waals surface area contributed by atoms with Gasteiger partial charge in [0.2, 0.25) is 5.91 Å². The average molecular weight is 395 g/mol. The molecule has 1 heterocycles. The molecule has 26 heavy (non-hydrogen) atoms. The van der Waals surface area contributed by atoms with Crippen LogP contribution in [0.1, 0.15) is 16.8 Å². The summed E-state index contributed by atoms with van der Waals surface area (Å²) >= 11 is 11.8. The lowest BCUT2D eigenvalue weighted by molar-refractivity contribution is -0.115. The molecule has 1 aliphatic rings. The molecule has 3 rings (SSSR count). The minimum absolute atomic E-state index is 0.202. The van der Waals surface area contributed by atoms with Gasteiger partial charge in [-0.2, -0.15) is 0 Å². The Morgan fingerprint density at radius 2 is 1.77 bits per heavy atom. The van der Waals surface area contributed by atoms with Crippen molar-refractivity contribution >= 4 is 40.7 Å². The van der Waals surface area contributed by atoms with Crippen LogP contribution in [0.4, 0.5) is 5.69 Å². The van der Waals surface area contributed by atoms with Gasteiger partial charge in [0, 0.05) is 23.2 Å². The second-order valence-electron chi connectivity index (χ2n) is 5.57. The fourth-order valence-corrected chi connectivity index (χ4v) is 2.87. The summed E-state index contributed by atoms with van der Waals surface area (Å²) in [5.74, 6) is 0.391. The zero-order chi connectivity index (χ0) is 18.5. The zero-order valence-corrected chi connectivity index (χ0v) is 15.2. The molecule has 2 aromatic carbocycles. The van der Waals surface area contributed by atoms with E-state index in [1.165, 1.54) is 12.1 Å². The molecule has 0 aliphatic carbocycles. The number of carbonyl (C=O) groups is 2. The Labute approximate surface area is 160 Å². The van der Waals surface area contributed by atoms with Crippen molar-refractivity contribution in [2.45, 2.75) is 6.42 Å². The number of hydrogen-bond donors (Lipinski definition) is 2. The molecule has 0 atom stereocenters. The van der Waals surface area contributed by atoms with E-state index in [2.05, 4.69) is 10.6 Å². The first-order valence-corrected chi connectivity index (χ1v) is 8.71. The maximum atomic E-state index is 12.1. The van der Waals surface area contributed by atoms with Crippen LogP contribution in [0.3, 0.4) is 0 Å². The minimum atomic E-state index is -0.458. The molecule has 0 saturated heterocycles. The fourth-order valence-electron chi connectivity index (χ4n) is 2.38. The number of anilines is 1. The molecule has 1 aliphatic heterocycles. The molecule has 0 radical (unpaired) electrons. The van der Waals surface area contributed by atoms with Gasteiger partial charge < -0.3 is 20.1 Å². The Kier molecular flexibility index (Phi) is 5.85. The number of carbonyl (C=O) groups excluding carboxylic acids is 2. The molecule has 0 spiro atoms. The minimum Gasteiger partial charge on any atom is -0.490 e. The van der Waals surface area contributed by atoms with Crippen LogP contribution >= 0.6 is 23.2 Å². The number of ether oxygens (including phenoxy) is 2. The van der Waals surface area contributed by atoms with Gasteiger partial charge in [-0.15, -0.1) is 0 Å². The van der Waals surface area contributed by atoms with Gasteiger partial charge in [-0.05, 0) is 30.3 Å². The lowest BCUT2D eigenvalue weighted by Crippen LogP contribution is -2.33. The smallest absolute Gasteiger partial charge is 0.253 e. The second kappa shape index (κ2) is 8.29. The van der Waals surface area contributed by atoms with Crippen molar-refractivity contribution in [3.8, 4) is 11.5 Å². The highest BCUT2D eigenvalue weighted by Gasteiger charge is 2.14. The normalized spacial score (nSPS) is 12.8. The molecule has 0 bridgehead atoms. The zero-order valence-electron chi connectivity index (χ0n) is 13.7. The summed E-state index contributed by atoms with van der Waals surface area (Å²) in [6, 6.07) is 9.67. The van der Waals surface area contributed by atoms with Crippen molar-refractivity contribution in [3.05, 3.63) is 52.0 Å². The van der Waals surface area contributed by atoms with Crippen molar-refractivity contribution in [1.29, 1.82) is 0 Å². The lowest BCUT2D eigenvalue weighted by Gasteiger charge is -2.11. The third kappa shape index (κ3) is 4.59. The number of amides is 2. The Bertz CT molecular complexity index is 842. The maximum absolute atomic E-state index is 12.1. The fraction of sp³-hybridized carbons (Fsp3) is 0.222. The third-order valence-electron chi connectivity index (χ3n) is 3.62. The molecule has 2 aromatic rings. The van der Waals surface area contributed by atoms with E-state index < -0.39 is 5.91 Å². The molecule has 2 N–H and O–H groups in total. The van der Waals surface area contributed by atoms with Crippen molar-refractivity contribution in [2.24, 2.45) is 0 Å². The van der Waals surface area contributed by atoms with Crippen LogP contribution in [0.5, 0.6) is 11.5 Å². The van der Waals surface area contributed by atoms with Crippen LogP contribution in [-0.4, -0.2) is 31.6 Å². The highest BCUT2D eigenvalue weighted by Crippen LogP contribution is 2.32. The van der Waals surface area contributed by atoms with E-state index in [9.17, 15) is 9.59 Å². The first-order valence-electron chi connectivity index (χ1n) is 7.95. The van der Waals surface area contributed by atoms with E-state index in [0.29, 0.717) is 35.4 Å². The van der Waals surface area contributed by atoms with Crippen LogP contribution in [-0.2, 0) is 4.79 Å². The third-order valence-corrected chi connectivity index (χ3v) is 4.16. The molecular formula is C18H16Cl2N2O4. The number of benzene rings is 2. The summed E-state index contributed by atoms with van der Waals surface area (Å²) in [4.78, 5) is 24.2. The number of fused-ring (bicyclic) bond motifs is 1. The van der Waals surface area contributed by atoms with Gasteiger partial charge in [0.15, 0.2) is 11.5 Å². The van der Waals surface area contributed by atoms with Gasteiger partial charge in [0.25, 0.3) is 5.91 Å². The number of nitrogens with one attached hydrogen (secondary N) is 2. The Morgan fingerprint density at radius 1 is 1.00 bits per heavy atom. The average Bonchev–Trinajstić information content (AvgIpc) is 2.84. The molecule has 136 valence electrons. The largest absolute Gasteiger partial charge is 0.490 e. The van der Waals surface area contributed by atoms with Crippen LogP contribution in [0.25, 0.3) is 0 Å². The Morgan fingerprint density at radius 3 is 2.54 bits per heavy atom. The number of hydrogen-bond acceptors (Lipinski definition) is 4. The molecule has 0 saturated carbocycles. The lowest BCUT2D eigenvalue weighted by atomic mass is 10.2. The predicted octanol–water partition coefficient (Wildman–Crippen LogP) is 3.52. The van der Waals surface area contributed by atoms with Gasteiger partial charge in [-0.25, -0.2) is 0 Å². The van der Waals surface area contributed by atoms with Crippen molar-refractivity contribution in [1.82, 2.24) is 5.32 Å². The Hall–Kier alpha value is -2.44. The number of rotatable bonds is 4. The number of halogens is 2. The van der Waals surface area contributed by atoms with Gasteiger partial charge in [0.1, 0.15) is 0 Å². The monoisotopic (exact) mass is 394 g/mol. The van der Waals surface area contributed by atoms with E-state index in [-0.39, 0.29) is 23.0 Å². The van der Waals surface area contributed by atoms with Crippen LogP contribution in [0, 0.1) is 0 Å². The van der Waals surface area contributed by atoms with E-state index >= 15 is 0 Å². The molecule has 2 amide bonds. The van der Waals surface area contributed by atoms with Crippen LogP contribution < -0.4 is 20.1 Å². The quantitative estimate of drug-likeness (QED) is 0.831. The summed E-state index contributed by atoms with van der Waals surface area (Å²) in [7, 11) is 0. The maximum Gasteiger partial charge on any atom is 0.253 e. The SMILES string of the molecule is O=C(CNC(=O)c1ccc(Cl)cc1Cl)Nc1ccc2c(c1)OCCCO2. The highest BCUT2D eigenvalue weighted by atomic mass is 35.5. The molecule has 6 nitrogen and oxygen atoms in total. The standard InChI is InChI=1S/C18H16Cl2N2O4/c19-11-2-4-13(14(20)8-11)18(24)21-10-17(23)22-12-3-5-15-16(9-12)26-7-1-6-25-15/h2-5,8-9H,1,6-7,10H2,(H,21,24)(H,22,23). The van der Waals surface area contributed by atoms with Gasteiger partial charge in [-0.1, -0.05) is 23.2 Å². The van der Waals surface area contributed by atoms with Gasteiger partial charge >= 0.3 is 0 Å². The summed E-state index contributed by atoms with van der Waals surface area (Å²) in [5.41, 5.74) is 0.803. The molecular weight excluding hydrogens is 379 g/mol. The molecule has 0 unspecified atom stereocenters. The van der Waals surface area contributed by atoms with Gasteiger partial charge in [-0.3, -0.25) is 9.59 Å². The molecule has 0 fully saturated rings. The van der Waals surface area contributed by atoms with Crippen molar-refractivity contribution in [2.75, 3.05) is 25.1 Å². The summed E-state index contributed by atoms with van der Waals surface area (Å²) in [5, 5.41) is 5.87. The molecule has 0 aromatic heterocycles. The first kappa shape index (κ1) is 18.4. The van der Waals surface area contributed by atoms with Gasteiger partial charge in [0.05, 0.1) is 30.3 Å². The van der Waals surface area contributed by atoms with Crippen LogP contribution in [0.15, 0.2) is 36.4 Å². The van der Waals surface area contributed by atoms with E-state index in [0.717, 1.165) is 6.42 Å². The Balaban J connectivity index is 1.57. The summed E-state index contributed by atoms with van der Waals surface area (Å²) in [6.45, 7) is 0.951. The van der Waals surface area contributed by atoms with E-state index in [1.807, 2.05) is 0 Å². The van der Waals surface area contributed by atoms with Crippen LogP contribution in [0.2, 0.25) is 10.0 Å². The summed E-state index contributed by atoms with van der Waals surface area (Å²) in [6.07, 6.45) is 0.801. The topological polar surface area (TPSA) is 76.7 Å². The van der Waals surface area contributed by atoms with E-state index in [1.54, 1.807) is 24.3 Å². The first-order chi connectivity index (χ1) is 12.5. The van der Waals surface area contributed by atoms with E-state index in [4.69, 9.17) is 32.7 Å².